The average molecular weight is 425 g/mol. The zero-order chi connectivity index (χ0) is 21.3. The van der Waals surface area contributed by atoms with Crippen LogP contribution >= 0.6 is 11.8 Å². The van der Waals surface area contributed by atoms with Crippen molar-refractivity contribution in [3.63, 3.8) is 0 Å². The molecule has 0 saturated carbocycles. The van der Waals surface area contributed by atoms with E-state index in [9.17, 15) is 9.59 Å². The molecule has 0 radical (unpaired) electrons. The van der Waals surface area contributed by atoms with Crippen LogP contribution in [0.3, 0.4) is 0 Å². The summed E-state index contributed by atoms with van der Waals surface area (Å²) in [4.78, 5) is 24.2. The third-order valence-electron chi connectivity index (χ3n) is 4.32. The molecule has 1 N–H and O–H groups in total. The van der Waals surface area contributed by atoms with E-state index in [4.69, 9.17) is 4.74 Å². The molecule has 0 atom stereocenters. The summed E-state index contributed by atoms with van der Waals surface area (Å²) >= 11 is 1.32. The van der Waals surface area contributed by atoms with E-state index in [1.165, 1.54) is 17.3 Å². The van der Waals surface area contributed by atoms with Crippen LogP contribution in [-0.2, 0) is 16.0 Å². The number of esters is 1. The van der Waals surface area contributed by atoms with Gasteiger partial charge in [0.05, 0.1) is 23.6 Å². The van der Waals surface area contributed by atoms with Crippen molar-refractivity contribution >= 4 is 29.3 Å². The minimum absolute atomic E-state index is 0.167. The van der Waals surface area contributed by atoms with E-state index in [1.54, 1.807) is 30.6 Å². The van der Waals surface area contributed by atoms with E-state index in [0.717, 1.165) is 18.5 Å². The quantitative estimate of drug-likeness (QED) is 0.411. The largest absolute Gasteiger partial charge is 0.462 e. The van der Waals surface area contributed by atoms with Gasteiger partial charge in [-0.25, -0.2) is 4.79 Å². The summed E-state index contributed by atoms with van der Waals surface area (Å²) in [6, 6.07) is 14.7. The standard InChI is InChI=1S/C22H24N4O3S/c1-3-13-29-21(28)17-9-11-18(12-10-17)24-20(27)14-30-22-25-23-15-26(22)19-8-6-5-7-16(19)4-2/h5-12,15H,3-4,13-14H2,1-2H3,(H,24,27). The van der Waals surface area contributed by atoms with Gasteiger partial charge in [0.25, 0.3) is 0 Å². The summed E-state index contributed by atoms with van der Waals surface area (Å²) in [6.07, 6.45) is 3.32. The molecule has 7 nitrogen and oxygen atoms in total. The van der Waals surface area contributed by atoms with Gasteiger partial charge in [-0.3, -0.25) is 9.36 Å². The number of aryl methyl sites for hydroxylation is 1. The molecule has 0 saturated heterocycles. The Bertz CT molecular complexity index is 1000. The molecule has 156 valence electrons. The normalized spacial score (nSPS) is 10.6. The van der Waals surface area contributed by atoms with E-state index in [0.29, 0.717) is 23.0 Å². The van der Waals surface area contributed by atoms with Crippen molar-refractivity contribution in [2.24, 2.45) is 0 Å². The minimum atomic E-state index is -0.364. The van der Waals surface area contributed by atoms with Gasteiger partial charge < -0.3 is 10.1 Å². The Morgan fingerprint density at radius 1 is 1.10 bits per heavy atom. The van der Waals surface area contributed by atoms with E-state index < -0.39 is 0 Å². The number of rotatable bonds is 9. The van der Waals surface area contributed by atoms with E-state index in [-0.39, 0.29) is 17.6 Å². The van der Waals surface area contributed by atoms with Crippen LogP contribution in [0.5, 0.6) is 0 Å². The highest BCUT2D eigenvalue weighted by molar-refractivity contribution is 7.99. The second kappa shape index (κ2) is 10.6. The van der Waals surface area contributed by atoms with Crippen molar-refractivity contribution < 1.29 is 14.3 Å². The topological polar surface area (TPSA) is 86.1 Å². The van der Waals surface area contributed by atoms with Crippen molar-refractivity contribution in [1.29, 1.82) is 0 Å². The monoisotopic (exact) mass is 424 g/mol. The predicted octanol–water partition coefficient (Wildman–Crippen LogP) is 4.13. The van der Waals surface area contributed by atoms with Crippen LogP contribution in [0.25, 0.3) is 5.69 Å². The number of thioether (sulfide) groups is 1. The molecule has 0 spiro atoms. The zero-order valence-electron chi connectivity index (χ0n) is 17.0. The molecule has 3 aromatic rings. The number of anilines is 1. The van der Waals surface area contributed by atoms with Crippen LogP contribution in [0.15, 0.2) is 60.0 Å². The summed E-state index contributed by atoms with van der Waals surface area (Å²) in [6.45, 7) is 4.43. The Hall–Kier alpha value is -3.13. The lowest BCUT2D eigenvalue weighted by molar-refractivity contribution is -0.113. The number of aromatic nitrogens is 3. The third kappa shape index (κ3) is 5.48. The second-order valence-electron chi connectivity index (χ2n) is 6.52. The average Bonchev–Trinajstić information content (AvgIpc) is 3.25. The molecule has 8 heteroatoms. The third-order valence-corrected chi connectivity index (χ3v) is 5.27. The van der Waals surface area contributed by atoms with Gasteiger partial charge in [-0.15, -0.1) is 10.2 Å². The number of ether oxygens (including phenoxy) is 1. The molecule has 0 aliphatic heterocycles. The van der Waals surface area contributed by atoms with Gasteiger partial charge in [0.1, 0.15) is 6.33 Å². The van der Waals surface area contributed by atoms with Gasteiger partial charge >= 0.3 is 5.97 Å². The maximum absolute atomic E-state index is 12.4. The molecule has 2 aromatic carbocycles. The highest BCUT2D eigenvalue weighted by Crippen LogP contribution is 2.22. The molecule has 0 aliphatic carbocycles. The number of amides is 1. The first-order chi connectivity index (χ1) is 14.6. The zero-order valence-corrected chi connectivity index (χ0v) is 17.8. The fourth-order valence-corrected chi connectivity index (χ4v) is 3.55. The predicted molar refractivity (Wildman–Crippen MR) is 117 cm³/mol. The number of nitrogens with one attached hydrogen (secondary N) is 1. The van der Waals surface area contributed by atoms with Crippen molar-refractivity contribution in [3.8, 4) is 5.69 Å². The smallest absolute Gasteiger partial charge is 0.338 e. The number of hydrogen-bond donors (Lipinski definition) is 1. The molecular weight excluding hydrogens is 400 g/mol. The number of hydrogen-bond acceptors (Lipinski definition) is 6. The van der Waals surface area contributed by atoms with Crippen LogP contribution in [-0.4, -0.2) is 39.0 Å². The van der Waals surface area contributed by atoms with E-state index >= 15 is 0 Å². The molecular formula is C22H24N4O3S. The van der Waals surface area contributed by atoms with Crippen LogP contribution in [0.1, 0.15) is 36.2 Å². The molecule has 0 aliphatic rings. The number of carbonyl (C=O) groups is 2. The van der Waals surface area contributed by atoms with Gasteiger partial charge in [-0.2, -0.15) is 0 Å². The first kappa shape index (κ1) is 21.6. The van der Waals surface area contributed by atoms with Crippen molar-refractivity contribution in [3.05, 3.63) is 66.0 Å². The summed E-state index contributed by atoms with van der Waals surface area (Å²) in [7, 11) is 0. The lowest BCUT2D eigenvalue weighted by atomic mass is 10.1. The van der Waals surface area contributed by atoms with Crippen LogP contribution in [0.2, 0.25) is 0 Å². The summed E-state index contributed by atoms with van der Waals surface area (Å²) in [5.74, 6) is -0.343. The molecule has 1 heterocycles. The van der Waals surface area contributed by atoms with Crippen molar-refractivity contribution in [2.75, 3.05) is 17.7 Å². The Kier molecular flexibility index (Phi) is 7.62. The van der Waals surface area contributed by atoms with Crippen molar-refractivity contribution in [2.45, 2.75) is 31.8 Å². The van der Waals surface area contributed by atoms with Crippen molar-refractivity contribution in [1.82, 2.24) is 14.8 Å². The number of benzene rings is 2. The summed E-state index contributed by atoms with van der Waals surface area (Å²) < 4.78 is 6.99. The lowest BCUT2D eigenvalue weighted by Gasteiger charge is -2.10. The number of nitrogens with zero attached hydrogens (tertiary/aromatic N) is 3. The van der Waals surface area contributed by atoms with E-state index in [2.05, 4.69) is 28.5 Å². The molecule has 0 unspecified atom stereocenters. The van der Waals surface area contributed by atoms with Crippen LogP contribution in [0.4, 0.5) is 5.69 Å². The fraction of sp³-hybridized carbons (Fsp3) is 0.273. The molecule has 30 heavy (non-hydrogen) atoms. The maximum Gasteiger partial charge on any atom is 0.338 e. The highest BCUT2D eigenvalue weighted by atomic mass is 32.2. The van der Waals surface area contributed by atoms with Gasteiger partial charge in [0.2, 0.25) is 5.91 Å². The SMILES string of the molecule is CCCOC(=O)c1ccc(NC(=O)CSc2nncn2-c2ccccc2CC)cc1. The Morgan fingerprint density at radius 3 is 2.60 bits per heavy atom. The molecule has 3 rings (SSSR count). The number of carbonyl (C=O) groups excluding carboxylic acids is 2. The van der Waals surface area contributed by atoms with Gasteiger partial charge in [-0.05, 0) is 48.7 Å². The highest BCUT2D eigenvalue weighted by Gasteiger charge is 2.13. The second-order valence-corrected chi connectivity index (χ2v) is 7.46. The van der Waals surface area contributed by atoms with Crippen LogP contribution in [0, 0.1) is 0 Å². The maximum atomic E-state index is 12.4. The van der Waals surface area contributed by atoms with Crippen LogP contribution < -0.4 is 5.32 Å². The van der Waals surface area contributed by atoms with Gasteiger partial charge in [0.15, 0.2) is 5.16 Å². The molecule has 1 amide bonds. The van der Waals surface area contributed by atoms with E-state index in [1.807, 2.05) is 29.7 Å². The Labute approximate surface area is 179 Å². The molecule has 0 bridgehead atoms. The number of para-hydroxylation sites is 1. The fourth-order valence-electron chi connectivity index (χ4n) is 2.83. The Morgan fingerprint density at radius 2 is 1.87 bits per heavy atom. The first-order valence-electron chi connectivity index (χ1n) is 9.80. The summed E-state index contributed by atoms with van der Waals surface area (Å²) in [5.41, 5.74) is 3.27. The molecule has 1 aromatic heterocycles. The minimum Gasteiger partial charge on any atom is -0.462 e. The first-order valence-corrected chi connectivity index (χ1v) is 10.8. The molecule has 0 fully saturated rings. The summed E-state index contributed by atoms with van der Waals surface area (Å²) in [5, 5.41) is 11.6. The lowest BCUT2D eigenvalue weighted by Crippen LogP contribution is -2.15. The van der Waals surface area contributed by atoms with Gasteiger partial charge in [0, 0.05) is 5.69 Å². The Balaban J connectivity index is 1.58. The van der Waals surface area contributed by atoms with Gasteiger partial charge in [-0.1, -0.05) is 43.8 Å².